The van der Waals surface area contributed by atoms with Gasteiger partial charge in [0.2, 0.25) is 0 Å². The van der Waals surface area contributed by atoms with Crippen LogP contribution in [0.5, 0.6) is 5.75 Å². The largest absolute Gasteiger partial charge is 0.507 e. The van der Waals surface area contributed by atoms with Crippen molar-refractivity contribution in [1.82, 2.24) is 15.0 Å². The molecule has 0 radical (unpaired) electrons. The number of rotatable bonds is 3. The lowest BCUT2D eigenvalue weighted by Crippen LogP contribution is -2.00. The smallest absolute Gasteiger partial charge is 0.167 e. The lowest BCUT2D eigenvalue weighted by atomic mass is 10.1. The Bertz CT molecular complexity index is 1320. The van der Waals surface area contributed by atoms with Gasteiger partial charge in [-0.2, -0.15) is 0 Å². The maximum atomic E-state index is 10.3. The standard InChI is InChI=1S/C25H17N3O/c29-22-13-7-6-12-21(22)25-27-23(18-9-2-1-3-10-18)26-24(28-25)20-15-14-17-8-4-5-11-19(17)16-20/h1-16,29H. The zero-order valence-electron chi connectivity index (χ0n) is 15.5. The normalized spacial score (nSPS) is 10.9. The topological polar surface area (TPSA) is 58.9 Å². The molecular weight excluding hydrogens is 358 g/mol. The SMILES string of the molecule is Oc1ccccc1-c1nc(-c2ccccc2)nc(-c2ccc3ccccc3c2)n1. The van der Waals surface area contributed by atoms with Gasteiger partial charge in [0.1, 0.15) is 5.75 Å². The third-order valence-electron chi connectivity index (χ3n) is 4.82. The van der Waals surface area contributed by atoms with Crippen LogP contribution in [-0.2, 0) is 0 Å². The van der Waals surface area contributed by atoms with Crippen LogP contribution in [0.2, 0.25) is 0 Å². The summed E-state index contributed by atoms with van der Waals surface area (Å²) in [7, 11) is 0. The molecule has 0 unspecified atom stereocenters. The number of para-hydroxylation sites is 1. The summed E-state index contributed by atoms with van der Waals surface area (Å²) in [6.45, 7) is 0. The zero-order valence-corrected chi connectivity index (χ0v) is 15.5. The van der Waals surface area contributed by atoms with Gasteiger partial charge in [0, 0.05) is 11.1 Å². The molecule has 4 nitrogen and oxygen atoms in total. The molecule has 4 heteroatoms. The van der Waals surface area contributed by atoms with Crippen LogP contribution in [0, 0.1) is 0 Å². The van der Waals surface area contributed by atoms with Crippen LogP contribution in [0.3, 0.4) is 0 Å². The Morgan fingerprint density at radius 1 is 0.483 bits per heavy atom. The average molecular weight is 375 g/mol. The molecular formula is C25H17N3O. The van der Waals surface area contributed by atoms with Gasteiger partial charge in [-0.05, 0) is 29.0 Å². The lowest BCUT2D eigenvalue weighted by molar-refractivity contribution is 0.477. The summed E-state index contributed by atoms with van der Waals surface area (Å²) in [5.74, 6) is 1.73. The second-order valence-electron chi connectivity index (χ2n) is 6.75. The molecule has 0 bridgehead atoms. The molecule has 0 aliphatic heterocycles. The molecule has 1 heterocycles. The second-order valence-corrected chi connectivity index (χ2v) is 6.75. The Morgan fingerprint density at radius 2 is 1.10 bits per heavy atom. The minimum atomic E-state index is 0.141. The summed E-state index contributed by atoms with van der Waals surface area (Å²) < 4.78 is 0. The van der Waals surface area contributed by atoms with Gasteiger partial charge in [-0.3, -0.25) is 0 Å². The Kier molecular flexibility index (Phi) is 4.22. The number of phenolic OH excluding ortho intramolecular Hbond substituents is 1. The molecule has 0 amide bonds. The Labute approximate surface area is 168 Å². The number of nitrogens with zero attached hydrogens (tertiary/aromatic N) is 3. The van der Waals surface area contributed by atoms with E-state index in [-0.39, 0.29) is 5.75 Å². The molecule has 138 valence electrons. The van der Waals surface area contributed by atoms with Crippen molar-refractivity contribution in [3.8, 4) is 39.9 Å². The van der Waals surface area contributed by atoms with Crippen molar-refractivity contribution in [3.05, 3.63) is 97.1 Å². The monoisotopic (exact) mass is 375 g/mol. The predicted octanol–water partition coefficient (Wildman–Crippen LogP) is 5.73. The van der Waals surface area contributed by atoms with Crippen LogP contribution in [0.1, 0.15) is 0 Å². The van der Waals surface area contributed by atoms with Crippen molar-refractivity contribution < 1.29 is 5.11 Å². The van der Waals surface area contributed by atoms with Crippen molar-refractivity contribution in [2.45, 2.75) is 0 Å². The van der Waals surface area contributed by atoms with Gasteiger partial charge in [-0.1, -0.05) is 78.9 Å². The maximum absolute atomic E-state index is 10.3. The quantitative estimate of drug-likeness (QED) is 0.437. The second kappa shape index (κ2) is 7.17. The van der Waals surface area contributed by atoms with E-state index in [2.05, 4.69) is 34.2 Å². The van der Waals surface area contributed by atoms with Gasteiger partial charge in [0.15, 0.2) is 17.5 Å². The molecule has 0 aliphatic carbocycles. The summed E-state index contributed by atoms with van der Waals surface area (Å²) in [4.78, 5) is 14.1. The third kappa shape index (κ3) is 3.32. The molecule has 0 atom stereocenters. The van der Waals surface area contributed by atoms with Crippen LogP contribution in [-0.4, -0.2) is 20.1 Å². The zero-order chi connectivity index (χ0) is 19.6. The summed E-state index contributed by atoms with van der Waals surface area (Å²) >= 11 is 0. The third-order valence-corrected chi connectivity index (χ3v) is 4.82. The van der Waals surface area contributed by atoms with Gasteiger partial charge < -0.3 is 5.11 Å². The Balaban J connectivity index is 1.73. The fourth-order valence-corrected chi connectivity index (χ4v) is 3.33. The van der Waals surface area contributed by atoms with Crippen molar-refractivity contribution in [2.24, 2.45) is 0 Å². The highest BCUT2D eigenvalue weighted by Gasteiger charge is 2.14. The van der Waals surface area contributed by atoms with Crippen LogP contribution in [0.25, 0.3) is 44.9 Å². The molecule has 0 fully saturated rings. The molecule has 0 spiro atoms. The molecule has 5 rings (SSSR count). The first kappa shape index (κ1) is 17.1. The summed E-state index contributed by atoms with van der Waals surface area (Å²) in [5, 5.41) is 12.6. The molecule has 1 N–H and O–H groups in total. The van der Waals surface area contributed by atoms with Gasteiger partial charge in [-0.25, -0.2) is 15.0 Å². The molecule has 0 aliphatic rings. The minimum absolute atomic E-state index is 0.141. The van der Waals surface area contributed by atoms with E-state index in [1.165, 1.54) is 0 Å². The first-order valence-corrected chi connectivity index (χ1v) is 9.37. The van der Waals surface area contributed by atoms with Gasteiger partial charge in [0.25, 0.3) is 0 Å². The summed E-state index contributed by atoms with van der Waals surface area (Å²) in [6.07, 6.45) is 0. The van der Waals surface area contributed by atoms with Gasteiger partial charge >= 0.3 is 0 Å². The van der Waals surface area contributed by atoms with E-state index in [0.29, 0.717) is 23.0 Å². The Hall–Kier alpha value is -4.05. The maximum Gasteiger partial charge on any atom is 0.167 e. The number of benzene rings is 4. The van der Waals surface area contributed by atoms with E-state index >= 15 is 0 Å². The number of aromatic hydroxyl groups is 1. The fourth-order valence-electron chi connectivity index (χ4n) is 3.33. The number of hydrogen-bond donors (Lipinski definition) is 1. The molecule has 5 aromatic rings. The van der Waals surface area contributed by atoms with E-state index in [1.807, 2.05) is 60.7 Å². The summed E-state index contributed by atoms with van der Waals surface area (Å²) in [6, 6.07) is 31.2. The highest BCUT2D eigenvalue weighted by Crippen LogP contribution is 2.30. The molecule has 0 saturated heterocycles. The molecule has 0 saturated carbocycles. The van der Waals surface area contributed by atoms with E-state index in [4.69, 9.17) is 4.98 Å². The van der Waals surface area contributed by atoms with Crippen LogP contribution in [0.4, 0.5) is 0 Å². The van der Waals surface area contributed by atoms with Crippen molar-refractivity contribution in [1.29, 1.82) is 0 Å². The fraction of sp³-hybridized carbons (Fsp3) is 0. The van der Waals surface area contributed by atoms with Crippen molar-refractivity contribution in [3.63, 3.8) is 0 Å². The van der Waals surface area contributed by atoms with Crippen LogP contribution >= 0.6 is 0 Å². The Morgan fingerprint density at radius 3 is 1.90 bits per heavy atom. The highest BCUT2D eigenvalue weighted by molar-refractivity contribution is 5.86. The predicted molar refractivity (Wildman–Crippen MR) is 115 cm³/mol. The van der Waals surface area contributed by atoms with Crippen molar-refractivity contribution >= 4 is 10.8 Å². The lowest BCUT2D eigenvalue weighted by Gasteiger charge is -2.09. The van der Waals surface area contributed by atoms with E-state index in [9.17, 15) is 5.11 Å². The first-order valence-electron chi connectivity index (χ1n) is 9.37. The van der Waals surface area contributed by atoms with Crippen LogP contribution < -0.4 is 0 Å². The number of aromatic nitrogens is 3. The first-order chi connectivity index (χ1) is 14.3. The minimum Gasteiger partial charge on any atom is -0.507 e. The van der Waals surface area contributed by atoms with E-state index in [0.717, 1.165) is 21.9 Å². The molecule has 29 heavy (non-hydrogen) atoms. The van der Waals surface area contributed by atoms with E-state index < -0.39 is 0 Å². The van der Waals surface area contributed by atoms with Gasteiger partial charge in [-0.15, -0.1) is 0 Å². The van der Waals surface area contributed by atoms with Crippen molar-refractivity contribution in [2.75, 3.05) is 0 Å². The number of fused-ring (bicyclic) bond motifs is 1. The van der Waals surface area contributed by atoms with E-state index in [1.54, 1.807) is 12.1 Å². The summed E-state index contributed by atoms with van der Waals surface area (Å²) in [5.41, 5.74) is 2.38. The van der Waals surface area contributed by atoms with Crippen LogP contribution in [0.15, 0.2) is 97.1 Å². The molecule has 1 aromatic heterocycles. The number of hydrogen-bond acceptors (Lipinski definition) is 4. The highest BCUT2D eigenvalue weighted by atomic mass is 16.3. The molecule has 4 aromatic carbocycles. The number of phenols is 1. The average Bonchev–Trinajstić information content (AvgIpc) is 2.79. The van der Waals surface area contributed by atoms with Gasteiger partial charge in [0.05, 0.1) is 5.56 Å².